The molecular formula is C22H28N3O2+. The maximum Gasteiger partial charge on any atom is 0.279 e. The van der Waals surface area contributed by atoms with Gasteiger partial charge in [0.2, 0.25) is 0 Å². The molecule has 27 heavy (non-hydrogen) atoms. The summed E-state index contributed by atoms with van der Waals surface area (Å²) in [6.07, 6.45) is 3.39. The largest absolute Gasteiger partial charge is 0.352 e. The van der Waals surface area contributed by atoms with Gasteiger partial charge >= 0.3 is 0 Å². The number of carbonyl (C=O) groups is 2. The van der Waals surface area contributed by atoms with E-state index >= 15 is 0 Å². The van der Waals surface area contributed by atoms with Gasteiger partial charge in [-0.15, -0.1) is 0 Å². The first-order valence-corrected chi connectivity index (χ1v) is 9.66. The summed E-state index contributed by atoms with van der Waals surface area (Å²) in [6.45, 7) is 2.85. The number of quaternary nitrogens is 1. The molecule has 0 saturated carbocycles. The van der Waals surface area contributed by atoms with Gasteiger partial charge in [-0.2, -0.15) is 0 Å². The van der Waals surface area contributed by atoms with Crippen LogP contribution in [0.25, 0.3) is 0 Å². The molecule has 3 rings (SSSR count). The number of hydrogen-bond donors (Lipinski definition) is 3. The van der Waals surface area contributed by atoms with Crippen LogP contribution in [0.15, 0.2) is 48.5 Å². The van der Waals surface area contributed by atoms with E-state index in [1.165, 1.54) is 16.0 Å². The van der Waals surface area contributed by atoms with Crippen molar-refractivity contribution in [3.63, 3.8) is 0 Å². The van der Waals surface area contributed by atoms with Crippen molar-refractivity contribution in [2.45, 2.75) is 32.2 Å². The standard InChI is InChI=1S/C22H27N3O2/c1-3-23-22(27)17-10-6-11-18(14-17)24-21(26)15-25(2)20-13-7-9-16-8-4-5-12-19(16)20/h4-6,8,10-12,14,20H,3,7,9,13,15H2,1-2H3,(H,23,27)(H,24,26)/p+1/t20-/m1/s1. The summed E-state index contributed by atoms with van der Waals surface area (Å²) in [5.74, 6) is -0.168. The van der Waals surface area contributed by atoms with E-state index < -0.39 is 0 Å². The van der Waals surface area contributed by atoms with E-state index in [2.05, 4.69) is 41.9 Å². The summed E-state index contributed by atoms with van der Waals surface area (Å²) in [5.41, 5.74) is 3.98. The number of rotatable bonds is 6. The van der Waals surface area contributed by atoms with E-state index in [1.807, 2.05) is 13.0 Å². The van der Waals surface area contributed by atoms with E-state index in [0.717, 1.165) is 19.3 Å². The molecule has 0 saturated heterocycles. The van der Waals surface area contributed by atoms with E-state index in [0.29, 0.717) is 30.4 Å². The zero-order valence-electron chi connectivity index (χ0n) is 16.0. The topological polar surface area (TPSA) is 62.6 Å². The quantitative estimate of drug-likeness (QED) is 0.732. The Labute approximate surface area is 160 Å². The van der Waals surface area contributed by atoms with Gasteiger partial charge in [0.1, 0.15) is 6.04 Å². The number of nitrogens with one attached hydrogen (secondary N) is 3. The summed E-state index contributed by atoms with van der Waals surface area (Å²) < 4.78 is 0. The summed E-state index contributed by atoms with van der Waals surface area (Å²) in [7, 11) is 2.08. The van der Waals surface area contributed by atoms with Gasteiger partial charge in [-0.05, 0) is 43.5 Å². The summed E-state index contributed by atoms with van der Waals surface area (Å²) in [5, 5.41) is 5.70. The third kappa shape index (κ3) is 4.74. The maximum atomic E-state index is 12.6. The average Bonchev–Trinajstić information content (AvgIpc) is 2.67. The van der Waals surface area contributed by atoms with Gasteiger partial charge in [0, 0.05) is 29.8 Å². The van der Waals surface area contributed by atoms with Crippen LogP contribution in [-0.2, 0) is 11.2 Å². The Bertz CT molecular complexity index is 819. The Kier molecular flexibility index (Phi) is 6.24. The van der Waals surface area contributed by atoms with E-state index in [-0.39, 0.29) is 11.8 Å². The highest BCUT2D eigenvalue weighted by Crippen LogP contribution is 2.27. The van der Waals surface area contributed by atoms with Crippen molar-refractivity contribution < 1.29 is 14.5 Å². The highest BCUT2D eigenvalue weighted by Gasteiger charge is 2.27. The van der Waals surface area contributed by atoms with Crippen LogP contribution in [0.1, 0.15) is 47.3 Å². The zero-order valence-corrected chi connectivity index (χ0v) is 16.0. The third-order valence-corrected chi connectivity index (χ3v) is 5.15. The molecular weight excluding hydrogens is 338 g/mol. The molecule has 0 aromatic heterocycles. The molecule has 0 radical (unpaired) electrons. The van der Waals surface area contributed by atoms with E-state index in [1.54, 1.807) is 18.2 Å². The van der Waals surface area contributed by atoms with Crippen molar-refractivity contribution in [2.75, 3.05) is 25.5 Å². The molecule has 0 aliphatic heterocycles. The van der Waals surface area contributed by atoms with Crippen molar-refractivity contribution in [3.05, 3.63) is 65.2 Å². The molecule has 0 fully saturated rings. The number of benzene rings is 2. The second-order valence-electron chi connectivity index (χ2n) is 7.16. The molecule has 142 valence electrons. The predicted octanol–water partition coefficient (Wildman–Crippen LogP) is 1.97. The molecule has 0 bridgehead atoms. The van der Waals surface area contributed by atoms with Crippen LogP contribution in [0.5, 0.6) is 0 Å². The lowest BCUT2D eigenvalue weighted by atomic mass is 9.87. The minimum atomic E-state index is -0.129. The lowest BCUT2D eigenvalue weighted by Gasteiger charge is -2.30. The van der Waals surface area contributed by atoms with Gasteiger partial charge in [-0.3, -0.25) is 9.59 Å². The fourth-order valence-electron chi connectivity index (χ4n) is 3.85. The minimum absolute atomic E-state index is 0.0383. The van der Waals surface area contributed by atoms with Crippen molar-refractivity contribution >= 4 is 17.5 Å². The van der Waals surface area contributed by atoms with Gasteiger partial charge in [-0.25, -0.2) is 0 Å². The lowest BCUT2D eigenvalue weighted by molar-refractivity contribution is -0.905. The number of fused-ring (bicyclic) bond motifs is 1. The van der Waals surface area contributed by atoms with Gasteiger partial charge in [0.25, 0.3) is 11.8 Å². The van der Waals surface area contributed by atoms with Crippen molar-refractivity contribution in [1.82, 2.24) is 5.32 Å². The van der Waals surface area contributed by atoms with E-state index in [9.17, 15) is 9.59 Å². The second kappa shape index (κ2) is 8.82. The van der Waals surface area contributed by atoms with Gasteiger partial charge in [0.05, 0.1) is 7.05 Å². The smallest absolute Gasteiger partial charge is 0.279 e. The first-order valence-electron chi connectivity index (χ1n) is 9.66. The highest BCUT2D eigenvalue weighted by atomic mass is 16.2. The first kappa shape index (κ1) is 19.1. The Morgan fingerprint density at radius 3 is 2.78 bits per heavy atom. The number of anilines is 1. The molecule has 0 spiro atoms. The number of likely N-dealkylation sites (N-methyl/N-ethyl adjacent to an activating group) is 1. The van der Waals surface area contributed by atoms with Crippen LogP contribution in [0, 0.1) is 0 Å². The average molecular weight is 366 g/mol. The van der Waals surface area contributed by atoms with Crippen molar-refractivity contribution in [2.24, 2.45) is 0 Å². The fourth-order valence-corrected chi connectivity index (χ4v) is 3.85. The van der Waals surface area contributed by atoms with Crippen LogP contribution in [0.4, 0.5) is 5.69 Å². The molecule has 2 amide bonds. The molecule has 5 heteroatoms. The number of carbonyl (C=O) groups excluding carboxylic acids is 2. The summed E-state index contributed by atoms with van der Waals surface area (Å²) in [6, 6.07) is 16.0. The molecule has 3 N–H and O–H groups in total. The second-order valence-corrected chi connectivity index (χ2v) is 7.16. The van der Waals surface area contributed by atoms with Gasteiger partial charge < -0.3 is 15.5 Å². The number of amides is 2. The summed E-state index contributed by atoms with van der Waals surface area (Å²) >= 11 is 0. The number of aryl methyl sites for hydroxylation is 1. The lowest BCUT2D eigenvalue weighted by Crippen LogP contribution is -3.10. The summed E-state index contributed by atoms with van der Waals surface area (Å²) in [4.78, 5) is 25.7. The Morgan fingerprint density at radius 1 is 1.15 bits per heavy atom. The van der Waals surface area contributed by atoms with Crippen LogP contribution in [-0.4, -0.2) is 32.0 Å². The molecule has 2 atom stereocenters. The van der Waals surface area contributed by atoms with Crippen LogP contribution >= 0.6 is 0 Å². The van der Waals surface area contributed by atoms with Crippen molar-refractivity contribution in [1.29, 1.82) is 0 Å². The van der Waals surface area contributed by atoms with Gasteiger partial charge in [-0.1, -0.05) is 30.3 Å². The molecule has 5 nitrogen and oxygen atoms in total. The zero-order chi connectivity index (χ0) is 19.2. The fraction of sp³-hybridized carbons (Fsp3) is 0.364. The van der Waals surface area contributed by atoms with Crippen LogP contribution in [0.2, 0.25) is 0 Å². The normalized spacial score (nSPS) is 16.9. The number of hydrogen-bond acceptors (Lipinski definition) is 2. The molecule has 1 aliphatic carbocycles. The Morgan fingerprint density at radius 2 is 1.96 bits per heavy atom. The third-order valence-electron chi connectivity index (χ3n) is 5.15. The van der Waals surface area contributed by atoms with Crippen LogP contribution in [0.3, 0.4) is 0 Å². The molecule has 2 aromatic carbocycles. The minimum Gasteiger partial charge on any atom is -0.352 e. The predicted molar refractivity (Wildman–Crippen MR) is 107 cm³/mol. The first-order chi connectivity index (χ1) is 13.1. The van der Waals surface area contributed by atoms with Gasteiger partial charge in [0.15, 0.2) is 6.54 Å². The Balaban J connectivity index is 1.63. The van der Waals surface area contributed by atoms with Crippen LogP contribution < -0.4 is 15.5 Å². The Hall–Kier alpha value is -2.66. The SMILES string of the molecule is CCNC(=O)c1cccc(NC(=O)C[NH+](C)[C@@H]2CCCc3ccccc32)c1. The molecule has 0 heterocycles. The molecule has 2 aromatic rings. The van der Waals surface area contributed by atoms with E-state index in [4.69, 9.17) is 0 Å². The van der Waals surface area contributed by atoms with Crippen molar-refractivity contribution in [3.8, 4) is 0 Å². The monoisotopic (exact) mass is 366 g/mol. The molecule has 1 aliphatic rings. The highest BCUT2D eigenvalue weighted by molar-refractivity contribution is 5.97. The molecule has 1 unspecified atom stereocenters. The maximum absolute atomic E-state index is 12.6.